The highest BCUT2D eigenvalue weighted by molar-refractivity contribution is 5.79. The monoisotopic (exact) mass is 266 g/mol. The first-order valence-corrected chi connectivity index (χ1v) is 6.99. The molecule has 1 aliphatic rings. The zero-order valence-corrected chi connectivity index (χ0v) is 11.4. The van der Waals surface area contributed by atoms with Crippen LogP contribution in [0.5, 0.6) is 0 Å². The number of carbonyl (C=O) groups is 1. The highest BCUT2D eigenvalue weighted by Crippen LogP contribution is 2.22. The molecule has 0 radical (unpaired) electrons. The first kappa shape index (κ1) is 14.0. The lowest BCUT2D eigenvalue weighted by Crippen LogP contribution is -2.41. The topological polar surface area (TPSA) is 94.0 Å². The maximum absolute atomic E-state index is 12.1. The third-order valence-electron chi connectivity index (χ3n) is 3.61. The quantitative estimate of drug-likeness (QED) is 0.791. The molecule has 2 atom stereocenters. The van der Waals surface area contributed by atoms with Crippen molar-refractivity contribution in [3.8, 4) is 0 Å². The van der Waals surface area contributed by atoms with E-state index in [0.717, 1.165) is 25.7 Å². The fourth-order valence-electron chi connectivity index (χ4n) is 2.53. The molecule has 1 aromatic rings. The summed E-state index contributed by atoms with van der Waals surface area (Å²) in [6.45, 7) is 2.29. The lowest BCUT2D eigenvalue weighted by Gasteiger charge is -2.20. The Hall–Kier alpha value is -1.43. The Morgan fingerprint density at radius 1 is 1.42 bits per heavy atom. The first-order chi connectivity index (χ1) is 9.16. The van der Waals surface area contributed by atoms with Gasteiger partial charge in [-0.2, -0.15) is 4.98 Å². The van der Waals surface area contributed by atoms with Crippen molar-refractivity contribution < 1.29 is 9.32 Å². The fourth-order valence-corrected chi connectivity index (χ4v) is 2.53. The lowest BCUT2D eigenvalue weighted by atomic mass is 9.94. The van der Waals surface area contributed by atoms with Crippen LogP contribution >= 0.6 is 0 Å². The summed E-state index contributed by atoms with van der Waals surface area (Å²) in [7, 11) is 0. The van der Waals surface area contributed by atoms with Gasteiger partial charge in [0.05, 0.1) is 5.92 Å². The van der Waals surface area contributed by atoms with Crippen molar-refractivity contribution in [3.63, 3.8) is 0 Å². The Morgan fingerprint density at radius 2 is 2.21 bits per heavy atom. The van der Waals surface area contributed by atoms with Gasteiger partial charge in [0.2, 0.25) is 11.8 Å². The Balaban J connectivity index is 1.76. The number of aryl methyl sites for hydroxylation is 1. The summed E-state index contributed by atoms with van der Waals surface area (Å²) in [6.07, 6.45) is 5.81. The molecule has 2 unspecified atom stereocenters. The molecule has 6 heteroatoms. The van der Waals surface area contributed by atoms with Gasteiger partial charge in [0.15, 0.2) is 5.82 Å². The number of nitrogens with one attached hydrogen (secondary N) is 1. The van der Waals surface area contributed by atoms with E-state index in [1.54, 1.807) is 6.92 Å². The second kappa shape index (κ2) is 6.65. The number of carbonyl (C=O) groups excluding carboxylic acids is 1. The van der Waals surface area contributed by atoms with E-state index < -0.39 is 0 Å². The zero-order chi connectivity index (χ0) is 13.7. The van der Waals surface area contributed by atoms with Crippen LogP contribution in [0.2, 0.25) is 0 Å². The number of hydrogen-bond donors (Lipinski definition) is 2. The van der Waals surface area contributed by atoms with Crippen molar-refractivity contribution in [2.75, 3.05) is 6.54 Å². The Morgan fingerprint density at radius 3 is 2.95 bits per heavy atom. The molecule has 0 aromatic carbocycles. The van der Waals surface area contributed by atoms with E-state index in [1.165, 1.54) is 6.42 Å². The van der Waals surface area contributed by atoms with E-state index in [9.17, 15) is 4.79 Å². The third-order valence-corrected chi connectivity index (χ3v) is 3.61. The van der Waals surface area contributed by atoms with Crippen molar-refractivity contribution in [2.24, 2.45) is 11.7 Å². The molecule has 1 amide bonds. The van der Waals surface area contributed by atoms with E-state index >= 15 is 0 Å². The largest absolute Gasteiger partial charge is 0.355 e. The van der Waals surface area contributed by atoms with E-state index in [2.05, 4.69) is 15.5 Å². The molecule has 0 saturated heterocycles. The van der Waals surface area contributed by atoms with Crippen LogP contribution in [0.3, 0.4) is 0 Å². The third kappa shape index (κ3) is 4.02. The van der Waals surface area contributed by atoms with E-state index in [1.807, 2.05) is 0 Å². The van der Waals surface area contributed by atoms with Crippen molar-refractivity contribution in [1.82, 2.24) is 15.5 Å². The Labute approximate surface area is 113 Å². The number of amides is 1. The molecule has 2 rings (SSSR count). The average Bonchev–Trinajstić information content (AvgIpc) is 2.67. The molecule has 0 aliphatic heterocycles. The van der Waals surface area contributed by atoms with Gasteiger partial charge in [0, 0.05) is 19.0 Å². The van der Waals surface area contributed by atoms with Gasteiger partial charge in [-0.3, -0.25) is 4.79 Å². The molecule has 1 fully saturated rings. The number of rotatable bonds is 4. The van der Waals surface area contributed by atoms with Crippen LogP contribution < -0.4 is 11.1 Å². The van der Waals surface area contributed by atoms with Crippen molar-refractivity contribution >= 4 is 5.91 Å². The summed E-state index contributed by atoms with van der Waals surface area (Å²) in [5, 5.41) is 6.63. The van der Waals surface area contributed by atoms with E-state index in [4.69, 9.17) is 10.3 Å². The SMILES string of the molecule is Cc1noc(CCNC(=O)C2CCCCCC2N)n1. The maximum atomic E-state index is 12.1. The molecule has 0 bridgehead atoms. The van der Waals surface area contributed by atoms with Crippen LogP contribution in [-0.4, -0.2) is 28.6 Å². The summed E-state index contributed by atoms with van der Waals surface area (Å²) in [4.78, 5) is 16.2. The normalized spacial score (nSPS) is 23.9. The van der Waals surface area contributed by atoms with Gasteiger partial charge in [0.25, 0.3) is 0 Å². The summed E-state index contributed by atoms with van der Waals surface area (Å²) in [5.41, 5.74) is 6.06. The average molecular weight is 266 g/mol. The van der Waals surface area contributed by atoms with Crippen LogP contribution in [0.1, 0.15) is 43.8 Å². The van der Waals surface area contributed by atoms with E-state index in [0.29, 0.717) is 24.7 Å². The lowest BCUT2D eigenvalue weighted by molar-refractivity contribution is -0.125. The van der Waals surface area contributed by atoms with Crippen LogP contribution in [-0.2, 0) is 11.2 Å². The predicted molar refractivity (Wildman–Crippen MR) is 70.3 cm³/mol. The van der Waals surface area contributed by atoms with Crippen molar-refractivity contribution in [1.29, 1.82) is 0 Å². The fraction of sp³-hybridized carbons (Fsp3) is 0.769. The first-order valence-electron chi connectivity index (χ1n) is 6.99. The highest BCUT2D eigenvalue weighted by atomic mass is 16.5. The molecule has 19 heavy (non-hydrogen) atoms. The van der Waals surface area contributed by atoms with Gasteiger partial charge >= 0.3 is 0 Å². The van der Waals surface area contributed by atoms with Gasteiger partial charge in [-0.25, -0.2) is 0 Å². The van der Waals surface area contributed by atoms with Crippen LogP contribution in [0.25, 0.3) is 0 Å². The molecule has 106 valence electrons. The smallest absolute Gasteiger partial charge is 0.228 e. The van der Waals surface area contributed by atoms with Crippen LogP contribution in [0.15, 0.2) is 4.52 Å². The molecule has 1 aromatic heterocycles. The second-order valence-corrected chi connectivity index (χ2v) is 5.18. The van der Waals surface area contributed by atoms with Crippen LogP contribution in [0, 0.1) is 12.8 Å². The molecule has 1 aliphatic carbocycles. The zero-order valence-electron chi connectivity index (χ0n) is 11.4. The van der Waals surface area contributed by atoms with Gasteiger partial charge in [0.1, 0.15) is 0 Å². The molecule has 1 heterocycles. The van der Waals surface area contributed by atoms with E-state index in [-0.39, 0.29) is 17.9 Å². The number of nitrogens with two attached hydrogens (primary N) is 1. The van der Waals surface area contributed by atoms with Crippen molar-refractivity contribution in [3.05, 3.63) is 11.7 Å². The minimum absolute atomic E-state index is 0.00634. The van der Waals surface area contributed by atoms with Gasteiger partial charge < -0.3 is 15.6 Å². The molecule has 6 nitrogen and oxygen atoms in total. The summed E-state index contributed by atoms with van der Waals surface area (Å²) < 4.78 is 5.00. The summed E-state index contributed by atoms with van der Waals surface area (Å²) in [6, 6.07) is -0.00634. The molecule has 3 N–H and O–H groups in total. The molecule has 0 spiro atoms. The Bertz CT molecular complexity index is 419. The van der Waals surface area contributed by atoms with Gasteiger partial charge in [-0.15, -0.1) is 0 Å². The summed E-state index contributed by atoms with van der Waals surface area (Å²) >= 11 is 0. The van der Waals surface area contributed by atoms with Gasteiger partial charge in [-0.1, -0.05) is 24.4 Å². The second-order valence-electron chi connectivity index (χ2n) is 5.18. The minimum atomic E-state index is -0.0491. The number of nitrogens with zero attached hydrogens (tertiary/aromatic N) is 2. The molecule has 1 saturated carbocycles. The van der Waals surface area contributed by atoms with Crippen LogP contribution in [0.4, 0.5) is 0 Å². The summed E-state index contributed by atoms with van der Waals surface area (Å²) in [5.74, 6) is 1.19. The number of hydrogen-bond acceptors (Lipinski definition) is 5. The van der Waals surface area contributed by atoms with Crippen molar-refractivity contribution in [2.45, 2.75) is 51.5 Å². The highest BCUT2D eigenvalue weighted by Gasteiger charge is 2.26. The molecular formula is C13H22N4O2. The van der Waals surface area contributed by atoms with Gasteiger partial charge in [-0.05, 0) is 19.8 Å². The number of aromatic nitrogens is 2. The predicted octanol–water partition coefficient (Wildman–Crippen LogP) is 0.944. The minimum Gasteiger partial charge on any atom is -0.355 e. The maximum Gasteiger partial charge on any atom is 0.228 e. The Kier molecular flexibility index (Phi) is 4.90. The standard InChI is InChI=1S/C13H22N4O2/c1-9-16-12(19-17-9)7-8-15-13(18)10-5-3-2-4-6-11(10)14/h10-11H,2-8,14H2,1H3,(H,15,18). The molecular weight excluding hydrogens is 244 g/mol.